The fraction of sp³-hybridized carbons (Fsp3) is 0.778. The fourth-order valence-corrected chi connectivity index (χ4v) is 4.14. The molecule has 0 amide bonds. The van der Waals surface area contributed by atoms with Gasteiger partial charge < -0.3 is 14.8 Å². The number of hydrogen-bond donors (Lipinski definition) is 1. The Balaban J connectivity index is 2.50. The number of rotatable bonds is 15. The van der Waals surface area contributed by atoms with Crippen molar-refractivity contribution in [3.05, 3.63) is 34.8 Å². The molecule has 0 aromatic rings. The quantitative estimate of drug-likeness (QED) is 0.168. The molecule has 0 fully saturated rings. The van der Waals surface area contributed by atoms with Crippen LogP contribution in [-0.4, -0.2) is 25.9 Å². The van der Waals surface area contributed by atoms with E-state index in [0.29, 0.717) is 12.1 Å². The summed E-state index contributed by atoms with van der Waals surface area (Å²) in [6.07, 6.45) is 16.6. The first-order valence-electron chi connectivity index (χ1n) is 12.5. The SMILES string of the molecule is CC/C=C(/C=C(/OC)C1=C(C)NC(C)CC1)CCCCCOC(CC)CC(C)CC. The molecule has 30 heavy (non-hydrogen) atoms. The number of nitrogens with one attached hydrogen (secondary N) is 1. The van der Waals surface area contributed by atoms with Crippen LogP contribution in [0.3, 0.4) is 0 Å². The average molecular weight is 420 g/mol. The normalized spacial score (nSPS) is 20.2. The minimum atomic E-state index is 0.436. The maximum atomic E-state index is 6.14. The van der Waals surface area contributed by atoms with E-state index >= 15 is 0 Å². The van der Waals surface area contributed by atoms with Crippen molar-refractivity contribution in [3.63, 3.8) is 0 Å². The zero-order valence-corrected chi connectivity index (χ0v) is 21.0. The Morgan fingerprint density at radius 1 is 1.17 bits per heavy atom. The third-order valence-corrected chi connectivity index (χ3v) is 6.32. The van der Waals surface area contributed by atoms with Gasteiger partial charge in [0.15, 0.2) is 0 Å². The Hall–Kier alpha value is -1.22. The van der Waals surface area contributed by atoms with Crippen molar-refractivity contribution in [3.8, 4) is 0 Å². The van der Waals surface area contributed by atoms with E-state index in [-0.39, 0.29) is 0 Å². The minimum Gasteiger partial charge on any atom is -0.496 e. The molecule has 3 atom stereocenters. The lowest BCUT2D eigenvalue weighted by Crippen LogP contribution is -2.29. The van der Waals surface area contributed by atoms with Gasteiger partial charge >= 0.3 is 0 Å². The Morgan fingerprint density at radius 2 is 1.93 bits per heavy atom. The molecule has 1 heterocycles. The smallest absolute Gasteiger partial charge is 0.124 e. The second-order valence-corrected chi connectivity index (χ2v) is 9.05. The van der Waals surface area contributed by atoms with E-state index in [4.69, 9.17) is 9.47 Å². The zero-order chi connectivity index (χ0) is 22.4. The van der Waals surface area contributed by atoms with Gasteiger partial charge in [-0.3, -0.25) is 0 Å². The van der Waals surface area contributed by atoms with Crippen molar-refractivity contribution in [2.75, 3.05) is 13.7 Å². The molecular weight excluding hydrogens is 370 g/mol. The van der Waals surface area contributed by atoms with Gasteiger partial charge in [0.25, 0.3) is 0 Å². The Morgan fingerprint density at radius 3 is 2.53 bits per heavy atom. The molecule has 174 valence electrons. The van der Waals surface area contributed by atoms with Crippen LogP contribution in [0.1, 0.15) is 106 Å². The maximum Gasteiger partial charge on any atom is 0.124 e. The van der Waals surface area contributed by atoms with Gasteiger partial charge in [-0.25, -0.2) is 0 Å². The lowest BCUT2D eigenvalue weighted by atomic mass is 9.96. The molecule has 3 heteroatoms. The monoisotopic (exact) mass is 419 g/mol. The summed E-state index contributed by atoms with van der Waals surface area (Å²) in [5.41, 5.74) is 3.99. The van der Waals surface area contributed by atoms with Crippen LogP contribution in [0.2, 0.25) is 0 Å². The predicted octanol–water partition coefficient (Wildman–Crippen LogP) is 7.69. The zero-order valence-electron chi connectivity index (χ0n) is 21.0. The first kappa shape index (κ1) is 26.8. The van der Waals surface area contributed by atoms with Gasteiger partial charge in [0.2, 0.25) is 0 Å². The summed E-state index contributed by atoms with van der Waals surface area (Å²) < 4.78 is 11.9. The molecule has 0 spiro atoms. The maximum absolute atomic E-state index is 6.14. The fourth-order valence-electron chi connectivity index (χ4n) is 4.14. The highest BCUT2D eigenvalue weighted by Gasteiger charge is 2.18. The lowest BCUT2D eigenvalue weighted by Gasteiger charge is -2.26. The molecule has 0 bridgehead atoms. The van der Waals surface area contributed by atoms with Gasteiger partial charge in [0.1, 0.15) is 5.76 Å². The van der Waals surface area contributed by atoms with E-state index in [1.54, 1.807) is 7.11 Å². The van der Waals surface area contributed by atoms with E-state index < -0.39 is 0 Å². The first-order valence-corrected chi connectivity index (χ1v) is 12.5. The Labute approximate surface area is 187 Å². The molecule has 0 aromatic carbocycles. The van der Waals surface area contributed by atoms with Crippen molar-refractivity contribution in [1.29, 1.82) is 0 Å². The van der Waals surface area contributed by atoms with Crippen LogP contribution in [0.5, 0.6) is 0 Å². The first-order chi connectivity index (χ1) is 14.4. The van der Waals surface area contributed by atoms with Crippen LogP contribution in [0.4, 0.5) is 0 Å². The van der Waals surface area contributed by atoms with E-state index in [2.05, 4.69) is 59.0 Å². The molecule has 0 saturated heterocycles. The largest absolute Gasteiger partial charge is 0.496 e. The predicted molar refractivity (Wildman–Crippen MR) is 131 cm³/mol. The van der Waals surface area contributed by atoms with Crippen molar-refractivity contribution in [2.24, 2.45) is 5.92 Å². The summed E-state index contributed by atoms with van der Waals surface area (Å²) in [4.78, 5) is 0. The summed E-state index contributed by atoms with van der Waals surface area (Å²) in [7, 11) is 1.80. The number of methoxy groups -OCH3 is 1. The van der Waals surface area contributed by atoms with Gasteiger partial charge in [0, 0.05) is 23.9 Å². The van der Waals surface area contributed by atoms with Gasteiger partial charge in [-0.1, -0.05) is 46.6 Å². The van der Waals surface area contributed by atoms with Crippen molar-refractivity contribution >= 4 is 0 Å². The summed E-state index contributed by atoms with van der Waals surface area (Å²) >= 11 is 0. The van der Waals surface area contributed by atoms with Gasteiger partial charge in [0.05, 0.1) is 13.2 Å². The topological polar surface area (TPSA) is 30.5 Å². The number of allylic oxidation sites excluding steroid dienone is 5. The third kappa shape index (κ3) is 10.2. The molecule has 1 N–H and O–H groups in total. The molecule has 0 aliphatic carbocycles. The molecule has 3 nitrogen and oxygen atoms in total. The van der Waals surface area contributed by atoms with Gasteiger partial charge in [-0.05, 0) is 82.8 Å². The van der Waals surface area contributed by atoms with Crippen LogP contribution >= 0.6 is 0 Å². The second kappa shape index (κ2) is 15.6. The van der Waals surface area contributed by atoms with E-state index in [9.17, 15) is 0 Å². The summed E-state index contributed by atoms with van der Waals surface area (Å²) in [6.45, 7) is 14.4. The Bertz CT molecular complexity index is 561. The lowest BCUT2D eigenvalue weighted by molar-refractivity contribution is 0.0326. The van der Waals surface area contributed by atoms with Crippen LogP contribution in [0.25, 0.3) is 0 Å². The van der Waals surface area contributed by atoms with E-state index in [1.165, 1.54) is 42.5 Å². The van der Waals surface area contributed by atoms with Gasteiger partial charge in [-0.15, -0.1) is 0 Å². The van der Waals surface area contributed by atoms with Crippen molar-refractivity contribution in [1.82, 2.24) is 5.32 Å². The molecule has 1 aliphatic heterocycles. The van der Waals surface area contributed by atoms with Crippen molar-refractivity contribution in [2.45, 2.75) is 118 Å². The van der Waals surface area contributed by atoms with Crippen LogP contribution in [-0.2, 0) is 9.47 Å². The van der Waals surface area contributed by atoms with E-state index in [0.717, 1.165) is 56.8 Å². The standard InChI is InChI=1S/C27H49NO2/c1-8-14-24(20-27(29-7)26-17-16-22(5)28-23(26)6)15-12-11-13-18-30-25(10-3)19-21(4)9-2/h14,20-22,25,28H,8-13,15-19H2,1-7H3/b24-14+,27-20+. The molecule has 0 radical (unpaired) electrons. The minimum absolute atomic E-state index is 0.436. The number of ether oxygens (including phenoxy) is 2. The van der Waals surface area contributed by atoms with Crippen LogP contribution in [0, 0.1) is 5.92 Å². The molecule has 0 aromatic heterocycles. The Kier molecular flexibility index (Phi) is 13.9. The van der Waals surface area contributed by atoms with Crippen LogP contribution in [0.15, 0.2) is 34.8 Å². The summed E-state index contributed by atoms with van der Waals surface area (Å²) in [5, 5.41) is 3.57. The van der Waals surface area contributed by atoms with E-state index in [1.807, 2.05) is 0 Å². The highest BCUT2D eigenvalue weighted by Crippen LogP contribution is 2.27. The highest BCUT2D eigenvalue weighted by molar-refractivity contribution is 5.37. The number of hydrogen-bond acceptors (Lipinski definition) is 3. The van der Waals surface area contributed by atoms with Crippen LogP contribution < -0.4 is 5.32 Å². The second-order valence-electron chi connectivity index (χ2n) is 9.05. The van der Waals surface area contributed by atoms with Crippen molar-refractivity contribution < 1.29 is 9.47 Å². The third-order valence-electron chi connectivity index (χ3n) is 6.32. The van der Waals surface area contributed by atoms with Gasteiger partial charge in [-0.2, -0.15) is 0 Å². The summed E-state index contributed by atoms with van der Waals surface area (Å²) in [6, 6.07) is 0.553. The molecule has 0 saturated carbocycles. The highest BCUT2D eigenvalue weighted by atomic mass is 16.5. The molecule has 1 aliphatic rings. The summed E-state index contributed by atoms with van der Waals surface area (Å²) in [5.74, 6) is 1.80. The molecular formula is C27H49NO2. The molecule has 1 rings (SSSR count). The molecule has 3 unspecified atom stereocenters. The number of unbranched alkanes of at least 4 members (excludes halogenated alkanes) is 2. The average Bonchev–Trinajstić information content (AvgIpc) is 2.73.